The zero-order valence-electron chi connectivity index (χ0n) is 21.3. The van der Waals surface area contributed by atoms with E-state index in [2.05, 4.69) is 4.72 Å². The lowest BCUT2D eigenvalue weighted by Crippen LogP contribution is -2.14. The standard InChI is InChI=1S/C30H26ClN3O5S/c31-22-14-16-24(17-15-22)40(37,38)33-26-19-25-27(20-28(26)39-18-8-7-13-29(35)36)34(23-11-5-2-6-12-23)30(32-25)21-9-3-1-4-10-21/h1-6,9-12,14-17,19-20,33H,7-8,13,18H2,(H,35,36). The van der Waals surface area contributed by atoms with Crippen molar-refractivity contribution in [2.75, 3.05) is 11.3 Å². The van der Waals surface area contributed by atoms with Crippen molar-refractivity contribution in [1.29, 1.82) is 0 Å². The van der Waals surface area contributed by atoms with Gasteiger partial charge in [0.15, 0.2) is 0 Å². The number of aromatic nitrogens is 2. The third-order valence-electron chi connectivity index (χ3n) is 6.21. The van der Waals surface area contributed by atoms with Gasteiger partial charge in [0.2, 0.25) is 0 Å². The molecule has 2 N–H and O–H groups in total. The van der Waals surface area contributed by atoms with E-state index in [1.807, 2.05) is 65.2 Å². The summed E-state index contributed by atoms with van der Waals surface area (Å²) in [7, 11) is -3.98. The zero-order chi connectivity index (χ0) is 28.1. The number of carbonyl (C=O) groups is 1. The molecule has 0 saturated carbocycles. The first-order valence-corrected chi connectivity index (χ1v) is 14.5. The van der Waals surface area contributed by atoms with Crippen molar-refractivity contribution in [3.8, 4) is 22.8 Å². The molecule has 1 aromatic heterocycles. The van der Waals surface area contributed by atoms with E-state index in [0.717, 1.165) is 16.8 Å². The fraction of sp³-hybridized carbons (Fsp3) is 0.133. The minimum Gasteiger partial charge on any atom is -0.491 e. The van der Waals surface area contributed by atoms with Gasteiger partial charge in [0.05, 0.1) is 28.2 Å². The number of carboxylic acid groups (broad SMARTS) is 1. The summed E-state index contributed by atoms with van der Waals surface area (Å²) in [4.78, 5) is 15.8. The van der Waals surface area contributed by atoms with E-state index in [-0.39, 0.29) is 23.6 Å². The maximum absolute atomic E-state index is 13.3. The number of imidazole rings is 1. The highest BCUT2D eigenvalue weighted by Gasteiger charge is 2.21. The second-order valence-corrected chi connectivity index (χ2v) is 11.2. The Labute approximate surface area is 236 Å². The highest BCUT2D eigenvalue weighted by atomic mass is 35.5. The van der Waals surface area contributed by atoms with Crippen molar-refractivity contribution in [2.24, 2.45) is 0 Å². The van der Waals surface area contributed by atoms with Crippen LogP contribution in [0.5, 0.6) is 5.75 Å². The van der Waals surface area contributed by atoms with Crippen LogP contribution in [0.4, 0.5) is 5.69 Å². The van der Waals surface area contributed by atoms with Crippen LogP contribution in [0.25, 0.3) is 28.1 Å². The number of rotatable bonds is 11. The summed E-state index contributed by atoms with van der Waals surface area (Å²) in [6, 6.07) is 28.7. The third kappa shape index (κ3) is 6.11. The number of hydrogen-bond acceptors (Lipinski definition) is 5. The van der Waals surface area contributed by atoms with Crippen LogP contribution in [0.2, 0.25) is 5.02 Å². The van der Waals surface area contributed by atoms with Gasteiger partial charge >= 0.3 is 5.97 Å². The lowest BCUT2D eigenvalue weighted by atomic mass is 10.2. The molecule has 0 bridgehead atoms. The second kappa shape index (κ2) is 11.8. The summed E-state index contributed by atoms with van der Waals surface area (Å²) in [6.45, 7) is 0.208. The number of fused-ring (bicyclic) bond motifs is 1. The molecule has 1 heterocycles. The molecular formula is C30H26ClN3O5S. The maximum atomic E-state index is 13.3. The van der Waals surface area contributed by atoms with Crippen molar-refractivity contribution in [2.45, 2.75) is 24.2 Å². The van der Waals surface area contributed by atoms with Gasteiger partial charge in [-0.05, 0) is 55.3 Å². The molecule has 5 aromatic rings. The molecule has 0 aliphatic heterocycles. The first-order chi connectivity index (χ1) is 19.3. The lowest BCUT2D eigenvalue weighted by molar-refractivity contribution is -0.137. The van der Waals surface area contributed by atoms with Crippen molar-refractivity contribution < 1.29 is 23.1 Å². The van der Waals surface area contributed by atoms with Crippen LogP contribution in [-0.4, -0.2) is 35.7 Å². The molecular weight excluding hydrogens is 550 g/mol. The molecule has 10 heteroatoms. The number of unbranched alkanes of at least 4 members (excludes halogenated alkanes) is 1. The first kappa shape index (κ1) is 27.2. The fourth-order valence-electron chi connectivity index (χ4n) is 4.30. The van der Waals surface area contributed by atoms with Crippen LogP contribution in [0, 0.1) is 0 Å². The Morgan fingerprint density at radius 1 is 0.925 bits per heavy atom. The summed E-state index contributed by atoms with van der Waals surface area (Å²) >= 11 is 5.95. The van der Waals surface area contributed by atoms with Crippen LogP contribution in [0.15, 0.2) is 102 Å². The maximum Gasteiger partial charge on any atom is 0.303 e. The highest BCUT2D eigenvalue weighted by molar-refractivity contribution is 7.92. The number of halogens is 1. The van der Waals surface area contributed by atoms with Gasteiger partial charge in [-0.1, -0.05) is 60.1 Å². The molecule has 40 heavy (non-hydrogen) atoms. The van der Waals surface area contributed by atoms with E-state index < -0.39 is 16.0 Å². The topological polar surface area (TPSA) is 111 Å². The van der Waals surface area contributed by atoms with E-state index in [4.69, 9.17) is 26.4 Å². The van der Waals surface area contributed by atoms with Crippen LogP contribution in [-0.2, 0) is 14.8 Å². The largest absolute Gasteiger partial charge is 0.491 e. The zero-order valence-corrected chi connectivity index (χ0v) is 22.9. The highest BCUT2D eigenvalue weighted by Crippen LogP contribution is 2.36. The van der Waals surface area contributed by atoms with E-state index in [0.29, 0.717) is 35.0 Å². The number of carboxylic acids is 1. The molecule has 0 amide bonds. The first-order valence-electron chi connectivity index (χ1n) is 12.6. The Kier molecular flexibility index (Phi) is 8.04. The van der Waals surface area contributed by atoms with Crippen molar-refractivity contribution in [1.82, 2.24) is 9.55 Å². The molecule has 204 valence electrons. The van der Waals surface area contributed by atoms with Crippen molar-refractivity contribution in [3.63, 3.8) is 0 Å². The monoisotopic (exact) mass is 575 g/mol. The summed E-state index contributed by atoms with van der Waals surface area (Å²) < 4.78 is 37.2. The smallest absolute Gasteiger partial charge is 0.303 e. The van der Waals surface area contributed by atoms with Crippen LogP contribution in [0.3, 0.4) is 0 Å². The van der Waals surface area contributed by atoms with E-state index >= 15 is 0 Å². The normalized spacial score (nSPS) is 11.4. The van der Waals surface area contributed by atoms with Crippen LogP contribution in [0.1, 0.15) is 19.3 Å². The van der Waals surface area contributed by atoms with E-state index in [1.54, 1.807) is 12.1 Å². The molecule has 0 atom stereocenters. The van der Waals surface area contributed by atoms with E-state index in [9.17, 15) is 13.2 Å². The summed E-state index contributed by atoms with van der Waals surface area (Å²) in [6.07, 6.45) is 0.949. The van der Waals surface area contributed by atoms with E-state index in [1.165, 1.54) is 24.3 Å². The quantitative estimate of drug-likeness (QED) is 0.168. The Bertz CT molecular complexity index is 1740. The van der Waals surface area contributed by atoms with Crippen molar-refractivity contribution >= 4 is 44.3 Å². The lowest BCUT2D eigenvalue weighted by Gasteiger charge is -2.15. The average molecular weight is 576 g/mol. The Morgan fingerprint density at radius 2 is 1.60 bits per heavy atom. The average Bonchev–Trinajstić information content (AvgIpc) is 3.32. The number of nitrogens with zero attached hydrogens (tertiary/aromatic N) is 2. The number of anilines is 1. The Morgan fingerprint density at radius 3 is 2.27 bits per heavy atom. The summed E-state index contributed by atoms with van der Waals surface area (Å²) in [5.41, 5.74) is 3.28. The Hall–Kier alpha value is -4.34. The SMILES string of the molecule is O=C(O)CCCCOc1cc2c(cc1NS(=O)(=O)c1ccc(Cl)cc1)nc(-c1ccccc1)n2-c1ccccc1. The van der Waals surface area contributed by atoms with Crippen molar-refractivity contribution in [3.05, 3.63) is 102 Å². The van der Waals surface area contributed by atoms with Gasteiger partial charge in [0, 0.05) is 28.8 Å². The second-order valence-electron chi connectivity index (χ2n) is 9.07. The third-order valence-corrected chi connectivity index (χ3v) is 7.85. The van der Waals surface area contributed by atoms with Gasteiger partial charge in [-0.3, -0.25) is 14.1 Å². The molecule has 0 aliphatic carbocycles. The summed E-state index contributed by atoms with van der Waals surface area (Å²) in [5, 5.41) is 9.37. The summed E-state index contributed by atoms with van der Waals surface area (Å²) in [5.74, 6) is 0.113. The number of sulfonamides is 1. The van der Waals surface area contributed by atoms with Gasteiger partial charge in [-0.2, -0.15) is 0 Å². The number of para-hydroxylation sites is 1. The minimum atomic E-state index is -3.98. The molecule has 0 radical (unpaired) electrons. The minimum absolute atomic E-state index is 0.0274. The molecule has 4 aromatic carbocycles. The molecule has 0 spiro atoms. The number of nitrogens with one attached hydrogen (secondary N) is 1. The number of ether oxygens (including phenoxy) is 1. The number of benzene rings is 4. The molecule has 0 unspecified atom stereocenters. The predicted octanol–water partition coefficient (Wildman–Crippen LogP) is 6.78. The molecule has 8 nitrogen and oxygen atoms in total. The van der Waals surface area contributed by atoms with Crippen LogP contribution < -0.4 is 9.46 Å². The number of aliphatic carboxylic acids is 1. The fourth-order valence-corrected chi connectivity index (χ4v) is 5.49. The molecule has 0 saturated heterocycles. The van der Waals surface area contributed by atoms with Gasteiger partial charge in [0.25, 0.3) is 10.0 Å². The van der Waals surface area contributed by atoms with Gasteiger partial charge in [-0.15, -0.1) is 0 Å². The predicted molar refractivity (Wildman–Crippen MR) is 156 cm³/mol. The molecule has 0 aliphatic rings. The van der Waals surface area contributed by atoms with Crippen LogP contribution >= 0.6 is 11.6 Å². The van der Waals surface area contributed by atoms with Gasteiger partial charge in [-0.25, -0.2) is 13.4 Å². The number of hydrogen-bond donors (Lipinski definition) is 2. The molecule has 5 rings (SSSR count). The van der Waals surface area contributed by atoms with Gasteiger partial charge in [0.1, 0.15) is 11.6 Å². The van der Waals surface area contributed by atoms with Gasteiger partial charge < -0.3 is 9.84 Å². The Balaban J connectivity index is 1.62. The molecule has 0 fully saturated rings.